The molecule has 1 aliphatic rings. The van der Waals surface area contributed by atoms with Gasteiger partial charge in [-0.1, -0.05) is 0 Å². The summed E-state index contributed by atoms with van der Waals surface area (Å²) in [6.07, 6.45) is 2.00. The smallest absolute Gasteiger partial charge is 0.213 e. The molecule has 1 aliphatic heterocycles. The number of hydrogen-bond acceptors (Lipinski definition) is 5. The number of aromatic nitrogens is 1. The largest absolute Gasteiger partial charge is 0.313 e. The molecule has 0 spiro atoms. The van der Waals surface area contributed by atoms with Crippen molar-refractivity contribution >= 4 is 21.4 Å². The fraction of sp³-hybridized carbons (Fsp3) is 0.700. The standard InChI is InChI=1S/C10H17N3O2S2/c1-8-6-16-10(13-8)5-12-17(14,15)7-9-3-2-4-11-9/h6,9,11-12H,2-5,7H2,1H3. The lowest BCUT2D eigenvalue weighted by Crippen LogP contribution is -2.36. The topological polar surface area (TPSA) is 71.1 Å². The number of nitrogens with zero attached hydrogens (tertiary/aromatic N) is 1. The van der Waals surface area contributed by atoms with Gasteiger partial charge in [0.1, 0.15) is 5.01 Å². The second-order valence-electron chi connectivity index (χ2n) is 4.28. The first-order valence-corrected chi connectivity index (χ1v) is 8.20. The van der Waals surface area contributed by atoms with Gasteiger partial charge >= 0.3 is 0 Å². The van der Waals surface area contributed by atoms with Crippen LogP contribution >= 0.6 is 11.3 Å². The summed E-state index contributed by atoms with van der Waals surface area (Å²) in [5, 5.41) is 5.91. The Morgan fingerprint density at radius 1 is 1.65 bits per heavy atom. The summed E-state index contributed by atoms with van der Waals surface area (Å²) in [6, 6.07) is 0.102. The minimum absolute atomic E-state index is 0.102. The van der Waals surface area contributed by atoms with Crippen molar-refractivity contribution in [1.82, 2.24) is 15.0 Å². The molecule has 2 rings (SSSR count). The van der Waals surface area contributed by atoms with Crippen LogP contribution in [-0.4, -0.2) is 31.7 Å². The summed E-state index contributed by atoms with van der Waals surface area (Å²) in [4.78, 5) is 4.22. The molecule has 2 N–H and O–H groups in total. The molecule has 1 atom stereocenters. The van der Waals surface area contributed by atoms with E-state index in [0.29, 0.717) is 6.54 Å². The van der Waals surface area contributed by atoms with Gasteiger partial charge in [-0.25, -0.2) is 18.1 Å². The Labute approximate surface area is 106 Å². The lowest BCUT2D eigenvalue weighted by molar-refractivity contribution is 0.563. The second kappa shape index (κ2) is 5.43. The van der Waals surface area contributed by atoms with Gasteiger partial charge in [0.05, 0.1) is 12.3 Å². The maximum Gasteiger partial charge on any atom is 0.213 e. The minimum atomic E-state index is -3.20. The van der Waals surface area contributed by atoms with Crippen LogP contribution in [0, 0.1) is 6.92 Å². The number of nitrogens with one attached hydrogen (secondary N) is 2. The molecule has 0 bridgehead atoms. The summed E-state index contributed by atoms with van der Waals surface area (Å²) in [7, 11) is -3.20. The Morgan fingerprint density at radius 2 is 2.47 bits per heavy atom. The van der Waals surface area contributed by atoms with Crippen LogP contribution in [-0.2, 0) is 16.6 Å². The molecule has 5 nitrogen and oxygen atoms in total. The van der Waals surface area contributed by atoms with Crippen molar-refractivity contribution < 1.29 is 8.42 Å². The van der Waals surface area contributed by atoms with E-state index in [1.54, 1.807) is 0 Å². The van der Waals surface area contributed by atoms with Crippen LogP contribution in [0.5, 0.6) is 0 Å². The lowest BCUT2D eigenvalue weighted by atomic mass is 10.3. The van der Waals surface area contributed by atoms with Crippen molar-refractivity contribution in [2.24, 2.45) is 0 Å². The van der Waals surface area contributed by atoms with E-state index in [9.17, 15) is 8.42 Å². The zero-order valence-corrected chi connectivity index (χ0v) is 11.4. The summed E-state index contributed by atoms with van der Waals surface area (Å²) >= 11 is 1.48. The van der Waals surface area contributed by atoms with Gasteiger partial charge in [0.2, 0.25) is 10.0 Å². The first-order chi connectivity index (χ1) is 8.05. The molecule has 1 fully saturated rings. The van der Waals surface area contributed by atoms with Gasteiger partial charge in [-0.2, -0.15) is 0 Å². The Morgan fingerprint density at radius 3 is 3.06 bits per heavy atom. The SMILES string of the molecule is Cc1csc(CNS(=O)(=O)CC2CCCN2)n1. The van der Waals surface area contributed by atoms with Crippen LogP contribution in [0.25, 0.3) is 0 Å². The summed E-state index contributed by atoms with van der Waals surface area (Å²) in [6.45, 7) is 3.12. The molecular weight excluding hydrogens is 258 g/mol. The highest BCUT2D eigenvalue weighted by Gasteiger charge is 2.21. The lowest BCUT2D eigenvalue weighted by Gasteiger charge is -2.10. The first-order valence-electron chi connectivity index (χ1n) is 5.67. The van der Waals surface area contributed by atoms with Crippen LogP contribution in [0.15, 0.2) is 5.38 Å². The van der Waals surface area contributed by atoms with Crippen molar-refractivity contribution in [3.8, 4) is 0 Å². The van der Waals surface area contributed by atoms with Gasteiger partial charge in [0.15, 0.2) is 0 Å². The van der Waals surface area contributed by atoms with Crippen molar-refractivity contribution in [2.75, 3.05) is 12.3 Å². The molecule has 1 aromatic heterocycles. The number of rotatable bonds is 5. The highest BCUT2D eigenvalue weighted by atomic mass is 32.2. The highest BCUT2D eigenvalue weighted by molar-refractivity contribution is 7.89. The minimum Gasteiger partial charge on any atom is -0.313 e. The summed E-state index contributed by atoms with van der Waals surface area (Å²) < 4.78 is 26.2. The van der Waals surface area contributed by atoms with E-state index in [1.165, 1.54) is 11.3 Å². The van der Waals surface area contributed by atoms with Crippen molar-refractivity contribution in [3.63, 3.8) is 0 Å². The second-order valence-corrected chi connectivity index (χ2v) is 7.07. The fourth-order valence-corrected chi connectivity index (χ4v) is 3.97. The third kappa shape index (κ3) is 4.02. The molecule has 0 radical (unpaired) electrons. The van der Waals surface area contributed by atoms with Crippen molar-refractivity contribution in [2.45, 2.75) is 32.4 Å². The summed E-state index contributed by atoms with van der Waals surface area (Å²) in [5.41, 5.74) is 0.932. The van der Waals surface area contributed by atoms with Crippen molar-refractivity contribution in [1.29, 1.82) is 0 Å². The van der Waals surface area contributed by atoms with E-state index in [4.69, 9.17) is 0 Å². The zero-order chi connectivity index (χ0) is 12.3. The molecule has 7 heteroatoms. The Kier molecular flexibility index (Phi) is 4.13. The monoisotopic (exact) mass is 275 g/mol. The molecule has 0 saturated carbocycles. The van der Waals surface area contributed by atoms with E-state index >= 15 is 0 Å². The van der Waals surface area contributed by atoms with Gasteiger partial charge in [-0.15, -0.1) is 11.3 Å². The van der Waals surface area contributed by atoms with Gasteiger partial charge in [-0.05, 0) is 26.3 Å². The number of aryl methyl sites for hydroxylation is 1. The Hall–Kier alpha value is -0.500. The van der Waals surface area contributed by atoms with Crippen LogP contribution in [0.4, 0.5) is 0 Å². The molecule has 1 unspecified atom stereocenters. The molecule has 1 saturated heterocycles. The van der Waals surface area contributed by atoms with Gasteiger partial charge in [-0.3, -0.25) is 0 Å². The van der Waals surface area contributed by atoms with E-state index in [-0.39, 0.29) is 11.8 Å². The van der Waals surface area contributed by atoms with Crippen LogP contribution in [0.1, 0.15) is 23.5 Å². The molecule has 0 aliphatic carbocycles. The van der Waals surface area contributed by atoms with Crippen LogP contribution < -0.4 is 10.0 Å². The Balaban J connectivity index is 1.84. The molecule has 1 aromatic rings. The van der Waals surface area contributed by atoms with E-state index in [2.05, 4.69) is 15.0 Å². The molecule has 2 heterocycles. The molecular formula is C10H17N3O2S2. The number of sulfonamides is 1. The van der Waals surface area contributed by atoms with E-state index < -0.39 is 10.0 Å². The summed E-state index contributed by atoms with van der Waals surface area (Å²) in [5.74, 6) is 0.164. The van der Waals surface area contributed by atoms with Crippen LogP contribution in [0.2, 0.25) is 0 Å². The first kappa shape index (κ1) is 12.9. The number of hydrogen-bond donors (Lipinski definition) is 2. The normalized spacial score (nSPS) is 20.9. The van der Waals surface area contributed by atoms with E-state index in [0.717, 1.165) is 30.1 Å². The molecule has 0 aromatic carbocycles. The average molecular weight is 275 g/mol. The predicted octanol–water partition coefficient (Wildman–Crippen LogP) is 0.623. The van der Waals surface area contributed by atoms with Gasteiger partial charge in [0, 0.05) is 17.1 Å². The van der Waals surface area contributed by atoms with E-state index in [1.807, 2.05) is 12.3 Å². The van der Waals surface area contributed by atoms with Crippen molar-refractivity contribution in [3.05, 3.63) is 16.1 Å². The maximum absolute atomic E-state index is 11.8. The van der Waals surface area contributed by atoms with Gasteiger partial charge in [0.25, 0.3) is 0 Å². The Bertz CT molecular complexity index is 464. The highest BCUT2D eigenvalue weighted by Crippen LogP contribution is 2.10. The molecule has 0 amide bonds. The zero-order valence-electron chi connectivity index (χ0n) is 9.77. The third-order valence-corrected chi connectivity index (χ3v) is 5.08. The number of thiazole rings is 1. The fourth-order valence-electron chi connectivity index (χ4n) is 1.88. The quantitative estimate of drug-likeness (QED) is 0.826. The average Bonchev–Trinajstić information content (AvgIpc) is 2.86. The molecule has 17 heavy (non-hydrogen) atoms. The maximum atomic E-state index is 11.8. The van der Waals surface area contributed by atoms with Gasteiger partial charge < -0.3 is 5.32 Å². The third-order valence-electron chi connectivity index (χ3n) is 2.69. The molecule has 96 valence electrons. The predicted molar refractivity (Wildman–Crippen MR) is 68.5 cm³/mol. The van der Waals surface area contributed by atoms with Crippen LogP contribution in [0.3, 0.4) is 0 Å².